The number of hydrogen-bond acceptors (Lipinski definition) is 4. The molecule has 0 fully saturated rings. The van der Waals surface area contributed by atoms with Crippen LogP contribution in [0.1, 0.15) is 43.0 Å². The first-order chi connectivity index (χ1) is 9.64. The van der Waals surface area contributed by atoms with Crippen LogP contribution in [-0.2, 0) is 0 Å². The van der Waals surface area contributed by atoms with Crippen molar-refractivity contribution in [2.75, 3.05) is 59.0 Å². The van der Waals surface area contributed by atoms with Crippen molar-refractivity contribution in [3.05, 3.63) is 5.32 Å². The molecule has 0 unspecified atom stereocenters. The summed E-state index contributed by atoms with van der Waals surface area (Å²) < 4.78 is 0. The molecule has 0 aliphatic rings. The van der Waals surface area contributed by atoms with Gasteiger partial charge in [-0.2, -0.15) is 39.1 Å². The van der Waals surface area contributed by atoms with Gasteiger partial charge in [0.15, 0.2) is 0 Å². The van der Waals surface area contributed by atoms with Crippen molar-refractivity contribution in [3.63, 3.8) is 0 Å². The van der Waals surface area contributed by atoms with Gasteiger partial charge in [-0.3, -0.25) is 0 Å². The van der Waals surface area contributed by atoms with Crippen LogP contribution in [0.4, 0.5) is 0 Å². The maximum Gasteiger partial charge on any atom is 2.00 e. The Morgan fingerprint density at radius 3 is 1.05 bits per heavy atom. The second-order valence-corrected chi connectivity index (χ2v) is 4.69. The molecule has 0 aromatic carbocycles. The van der Waals surface area contributed by atoms with Crippen LogP contribution in [0, 0.1) is 0 Å². The molecule has 0 atom stereocenters. The minimum atomic E-state index is 0. The summed E-state index contributed by atoms with van der Waals surface area (Å²) in [4.78, 5) is 2.25. The smallest absolute Gasteiger partial charge is 1.00 e. The summed E-state index contributed by atoms with van der Waals surface area (Å²) in [7, 11) is 3.61. The van der Waals surface area contributed by atoms with Gasteiger partial charge in [0.25, 0.3) is 0 Å². The van der Waals surface area contributed by atoms with Crippen LogP contribution in [-0.4, -0.2) is 110 Å². The Morgan fingerprint density at radius 1 is 0.773 bits per heavy atom. The largest absolute Gasteiger partial charge is 2.00 e. The van der Waals surface area contributed by atoms with Crippen LogP contribution in [0.5, 0.6) is 0 Å². The molecule has 0 N–H and O–H groups in total. The van der Waals surface area contributed by atoms with Gasteiger partial charge >= 0.3 is 46.1 Å². The molecule has 22 heavy (non-hydrogen) atoms. The van der Waals surface area contributed by atoms with E-state index in [2.05, 4.69) is 45.0 Å². The molecule has 0 radical (unpaired) electrons. The van der Waals surface area contributed by atoms with Crippen molar-refractivity contribution in [2.45, 2.75) is 41.5 Å². The summed E-state index contributed by atoms with van der Waals surface area (Å²) >= 11 is 1.96. The van der Waals surface area contributed by atoms with Crippen molar-refractivity contribution in [1.29, 1.82) is 0 Å². The molecule has 0 bridgehead atoms. The van der Waals surface area contributed by atoms with Gasteiger partial charge in [0.1, 0.15) is 0 Å². The van der Waals surface area contributed by atoms with Crippen LogP contribution >= 0.6 is 11.8 Å². The molecule has 0 aliphatic heterocycles. The molecule has 0 saturated heterocycles. The number of nitrogens with zero attached hydrogens (tertiary/aromatic N) is 2. The first-order valence-corrected chi connectivity index (χ1v) is 8.50. The van der Waals surface area contributed by atoms with E-state index in [1.165, 1.54) is 11.5 Å². The standard InChI is InChI=1S/C5H13N.C4H10N.C4H10S.2CH3O.2Mg.H/c1-4-6(3)5-2;2*1-3-5-4-2;2*1-2;;;/h4-5H2,1-3H3;2*3-4H2,1-2H3;2*1H3;;;/q;-1;;2*-1;2*+2;-1. The van der Waals surface area contributed by atoms with Gasteiger partial charge in [-0.1, -0.05) is 41.5 Å². The Morgan fingerprint density at radius 2 is 1.05 bits per heavy atom. The quantitative estimate of drug-likeness (QED) is 0.672. The topological polar surface area (TPSA) is 63.5 Å². The molecular weight excluding hydrogens is 321 g/mol. The molecule has 0 heterocycles. The average molecular weight is 361 g/mol. The molecule has 0 spiro atoms. The fourth-order valence-corrected chi connectivity index (χ4v) is 1.06. The van der Waals surface area contributed by atoms with Gasteiger partial charge < -0.3 is 21.9 Å². The van der Waals surface area contributed by atoms with Crippen LogP contribution in [0.3, 0.4) is 0 Å². The van der Waals surface area contributed by atoms with Gasteiger partial charge in [-0.15, -0.1) is 0 Å². The minimum absolute atomic E-state index is 0. The predicted molar refractivity (Wildman–Crippen MR) is 106 cm³/mol. The van der Waals surface area contributed by atoms with Gasteiger partial charge in [0.2, 0.25) is 0 Å². The summed E-state index contributed by atoms with van der Waals surface area (Å²) in [6.45, 7) is 17.0. The second-order valence-electron chi connectivity index (χ2n) is 3.13. The Balaban J connectivity index is -0.0000000208. The third-order valence-electron chi connectivity index (χ3n) is 1.94. The summed E-state index contributed by atoms with van der Waals surface area (Å²) in [6, 6.07) is 0. The maximum atomic E-state index is 8.25. The fourth-order valence-electron chi connectivity index (χ4n) is 0.651. The van der Waals surface area contributed by atoms with Gasteiger partial charge in [-0.25, -0.2) is 0 Å². The molecule has 7 heteroatoms. The van der Waals surface area contributed by atoms with E-state index < -0.39 is 0 Å². The van der Waals surface area contributed by atoms with Crippen LogP contribution in [0.15, 0.2) is 0 Å². The first kappa shape index (κ1) is 43.8. The zero-order chi connectivity index (χ0) is 17.2. The summed E-state index contributed by atoms with van der Waals surface area (Å²) in [5.74, 6) is 2.52. The van der Waals surface area contributed by atoms with E-state index in [-0.39, 0.29) is 47.5 Å². The van der Waals surface area contributed by atoms with Gasteiger partial charge in [-0.05, 0) is 31.6 Å². The van der Waals surface area contributed by atoms with E-state index >= 15 is 0 Å². The monoisotopic (exact) mass is 360 g/mol. The van der Waals surface area contributed by atoms with Crippen molar-refractivity contribution in [2.24, 2.45) is 0 Å². The molecule has 0 aromatic rings. The molecule has 0 saturated carbocycles. The molecule has 132 valence electrons. The Kier molecular flexibility index (Phi) is 132. The van der Waals surface area contributed by atoms with E-state index in [0.717, 1.165) is 40.4 Å². The summed E-state index contributed by atoms with van der Waals surface area (Å²) in [5.41, 5.74) is 0. The Bertz CT molecular complexity index is 102. The fraction of sp³-hybridized carbons (Fsp3) is 1.00. The minimum Gasteiger partial charge on any atom is -1.00 e. The van der Waals surface area contributed by atoms with Crippen molar-refractivity contribution in [1.82, 2.24) is 4.90 Å². The molecule has 0 aliphatic carbocycles. The van der Waals surface area contributed by atoms with Gasteiger partial charge in [0.05, 0.1) is 0 Å². The van der Waals surface area contributed by atoms with Crippen LogP contribution in [0.25, 0.3) is 5.32 Å². The number of rotatable bonds is 6. The van der Waals surface area contributed by atoms with E-state index in [1.54, 1.807) is 0 Å². The van der Waals surface area contributed by atoms with E-state index in [1.807, 2.05) is 25.6 Å². The number of hydrogen-bond donors (Lipinski definition) is 0. The zero-order valence-electron chi connectivity index (χ0n) is 17.8. The Labute approximate surface area is 179 Å². The normalized spacial score (nSPS) is 7.09. The van der Waals surface area contributed by atoms with E-state index in [9.17, 15) is 0 Å². The van der Waals surface area contributed by atoms with Crippen LogP contribution in [0.2, 0.25) is 0 Å². The first-order valence-electron chi connectivity index (χ1n) is 7.35. The molecular formula is C15H40Mg2N2O2S. The second kappa shape index (κ2) is 66.2. The number of thioether (sulfide) groups is 1. The van der Waals surface area contributed by atoms with Crippen molar-refractivity contribution >= 4 is 57.9 Å². The maximum absolute atomic E-state index is 8.25. The van der Waals surface area contributed by atoms with Crippen LogP contribution < -0.4 is 10.2 Å². The zero-order valence-corrected chi connectivity index (χ0v) is 20.4. The molecule has 0 aromatic heterocycles. The average Bonchev–Trinajstić information content (AvgIpc) is 2.53. The molecule has 4 nitrogen and oxygen atoms in total. The molecule has 0 rings (SSSR count). The van der Waals surface area contributed by atoms with E-state index in [4.69, 9.17) is 10.2 Å². The predicted octanol–water partition coefficient (Wildman–Crippen LogP) is 1.42. The van der Waals surface area contributed by atoms with E-state index in [0.29, 0.717) is 0 Å². The third-order valence-corrected chi connectivity index (χ3v) is 2.75. The summed E-state index contributed by atoms with van der Waals surface area (Å²) in [6.07, 6.45) is 0. The Hall–Kier alpha value is 1.72. The van der Waals surface area contributed by atoms with Crippen molar-refractivity contribution in [3.8, 4) is 0 Å². The SMILES string of the molecule is CCN(C)CC.CCSCC.CC[N-]CC.C[O-].C[O-].[H-].[Mg+2].[Mg+2]. The molecule has 0 amide bonds. The third kappa shape index (κ3) is 98.7. The van der Waals surface area contributed by atoms with Crippen molar-refractivity contribution < 1.29 is 11.6 Å². The summed E-state index contributed by atoms with van der Waals surface area (Å²) in [5, 5.41) is 20.5. The van der Waals surface area contributed by atoms with Gasteiger partial charge in [0, 0.05) is 0 Å².